The largest absolute Gasteiger partial charge is 0.496 e. The van der Waals surface area contributed by atoms with Gasteiger partial charge in [-0.15, -0.1) is 0 Å². The van der Waals surface area contributed by atoms with E-state index in [1.807, 2.05) is 18.2 Å². The monoisotopic (exact) mass is 367 g/mol. The first-order valence-corrected chi connectivity index (χ1v) is 9.37. The van der Waals surface area contributed by atoms with Crippen molar-refractivity contribution >= 4 is 17.4 Å². The number of nitrogens with zero attached hydrogens (tertiary/aromatic N) is 1. The Morgan fingerprint density at radius 2 is 1.92 bits per heavy atom. The Bertz CT molecular complexity index is 591. The fraction of sp³-hybridized carbons (Fsp3) is 0.632. The minimum atomic E-state index is -0.770. The summed E-state index contributed by atoms with van der Waals surface area (Å²) in [6.45, 7) is 3.93. The van der Waals surface area contributed by atoms with E-state index < -0.39 is 5.79 Å². The van der Waals surface area contributed by atoms with E-state index in [9.17, 15) is 4.79 Å². The minimum absolute atomic E-state index is 0.385. The number of benzene rings is 1. The van der Waals surface area contributed by atoms with Crippen LogP contribution in [0, 0.1) is 0 Å². The van der Waals surface area contributed by atoms with Gasteiger partial charge in [0.1, 0.15) is 11.5 Å². The van der Waals surface area contributed by atoms with Gasteiger partial charge in [-0.25, -0.2) is 0 Å². The van der Waals surface area contributed by atoms with Gasteiger partial charge in [0.25, 0.3) is 0 Å². The van der Waals surface area contributed by atoms with Crippen molar-refractivity contribution in [1.82, 2.24) is 4.90 Å². The van der Waals surface area contributed by atoms with Crippen LogP contribution in [-0.4, -0.2) is 50.6 Å². The van der Waals surface area contributed by atoms with E-state index in [0.29, 0.717) is 36.9 Å². The Hall–Kier alpha value is -1.14. The number of methoxy groups -OCH3 is 1. The van der Waals surface area contributed by atoms with Crippen LogP contribution >= 0.6 is 11.6 Å². The van der Waals surface area contributed by atoms with Gasteiger partial charge < -0.3 is 19.1 Å². The molecule has 0 N–H and O–H groups in total. The van der Waals surface area contributed by atoms with Gasteiger partial charge in [-0.1, -0.05) is 11.6 Å². The Morgan fingerprint density at radius 3 is 2.60 bits per heavy atom. The van der Waals surface area contributed by atoms with Crippen LogP contribution in [0.15, 0.2) is 18.2 Å². The van der Waals surface area contributed by atoms with Gasteiger partial charge in [0.05, 0.1) is 25.9 Å². The molecule has 3 rings (SSSR count). The highest BCUT2D eigenvalue weighted by molar-refractivity contribution is 6.30. The second-order valence-corrected chi connectivity index (χ2v) is 7.07. The standard InChI is InChI=1S/C19H26ClNO4/c1-23-18-5-4-15(20)14-17(18)19(24-12-13-25-19)8-2-3-9-21-10-6-16(22)7-11-21/h4-5,14H,2-3,6-13H2,1H3. The van der Waals surface area contributed by atoms with Crippen molar-refractivity contribution in [3.05, 3.63) is 28.8 Å². The molecule has 0 aliphatic carbocycles. The van der Waals surface area contributed by atoms with Gasteiger partial charge in [-0.3, -0.25) is 4.79 Å². The van der Waals surface area contributed by atoms with Crippen LogP contribution in [0.2, 0.25) is 5.02 Å². The topological polar surface area (TPSA) is 48.0 Å². The summed E-state index contributed by atoms with van der Waals surface area (Å²) in [6, 6.07) is 5.54. The van der Waals surface area contributed by atoms with Crippen molar-refractivity contribution in [1.29, 1.82) is 0 Å². The number of unbranched alkanes of at least 4 members (excludes halogenated alkanes) is 1. The highest BCUT2D eigenvalue weighted by atomic mass is 35.5. The lowest BCUT2D eigenvalue weighted by atomic mass is 9.98. The number of ether oxygens (including phenoxy) is 3. The third kappa shape index (κ3) is 4.53. The van der Waals surface area contributed by atoms with Crippen LogP contribution in [0.4, 0.5) is 0 Å². The van der Waals surface area contributed by atoms with Crippen LogP contribution < -0.4 is 4.74 Å². The van der Waals surface area contributed by atoms with Crippen molar-refractivity contribution in [2.24, 2.45) is 0 Å². The van der Waals surface area contributed by atoms with Crippen molar-refractivity contribution in [2.45, 2.75) is 37.9 Å². The normalized spacial score (nSPS) is 20.8. The van der Waals surface area contributed by atoms with Gasteiger partial charge in [-0.05, 0) is 37.6 Å². The number of Topliss-reactive ketones (excluding diaryl/α,β-unsaturated/α-hetero) is 1. The number of piperidine rings is 1. The molecule has 1 aromatic rings. The van der Waals surface area contributed by atoms with Gasteiger partial charge in [0.15, 0.2) is 5.79 Å². The number of rotatable bonds is 7. The van der Waals surface area contributed by atoms with Gasteiger partial charge in [0.2, 0.25) is 0 Å². The lowest BCUT2D eigenvalue weighted by molar-refractivity contribution is -0.172. The maximum Gasteiger partial charge on any atom is 0.198 e. The molecule has 2 aliphatic rings. The molecule has 138 valence electrons. The molecule has 25 heavy (non-hydrogen) atoms. The third-order valence-electron chi connectivity index (χ3n) is 4.97. The van der Waals surface area contributed by atoms with Crippen LogP contribution in [0.3, 0.4) is 0 Å². The zero-order valence-corrected chi connectivity index (χ0v) is 15.5. The van der Waals surface area contributed by atoms with E-state index >= 15 is 0 Å². The molecule has 0 saturated carbocycles. The Kier molecular flexibility index (Phi) is 6.34. The minimum Gasteiger partial charge on any atom is -0.496 e. The molecule has 0 amide bonds. The Balaban J connectivity index is 1.60. The third-order valence-corrected chi connectivity index (χ3v) is 5.20. The van der Waals surface area contributed by atoms with Crippen molar-refractivity contribution in [3.8, 4) is 5.75 Å². The van der Waals surface area contributed by atoms with E-state index in [2.05, 4.69) is 4.90 Å². The SMILES string of the molecule is COc1ccc(Cl)cc1C1(CCCCN2CCC(=O)CC2)OCCO1. The zero-order chi connectivity index (χ0) is 17.7. The summed E-state index contributed by atoms with van der Waals surface area (Å²) in [4.78, 5) is 13.7. The molecule has 0 bridgehead atoms. The lowest BCUT2D eigenvalue weighted by Crippen LogP contribution is -2.34. The highest BCUT2D eigenvalue weighted by Gasteiger charge is 2.40. The molecule has 6 heteroatoms. The summed E-state index contributed by atoms with van der Waals surface area (Å²) in [5.74, 6) is 0.352. The number of likely N-dealkylation sites (tertiary alicyclic amines) is 1. The summed E-state index contributed by atoms with van der Waals surface area (Å²) in [7, 11) is 1.65. The predicted octanol–water partition coefficient (Wildman–Crippen LogP) is 3.38. The highest BCUT2D eigenvalue weighted by Crippen LogP contribution is 2.42. The molecule has 5 nitrogen and oxygen atoms in total. The molecule has 0 aromatic heterocycles. The summed E-state index contributed by atoms with van der Waals surface area (Å²) >= 11 is 6.19. The van der Waals surface area contributed by atoms with E-state index in [4.69, 9.17) is 25.8 Å². The number of carbonyl (C=O) groups is 1. The zero-order valence-electron chi connectivity index (χ0n) is 14.8. The fourth-order valence-electron chi connectivity index (χ4n) is 3.59. The first kappa shape index (κ1) is 18.6. The molecule has 0 spiro atoms. The molecule has 2 fully saturated rings. The van der Waals surface area contributed by atoms with E-state index in [-0.39, 0.29) is 0 Å². The van der Waals surface area contributed by atoms with Crippen molar-refractivity contribution < 1.29 is 19.0 Å². The molecule has 0 unspecified atom stereocenters. The molecule has 2 aliphatic heterocycles. The molecule has 1 aromatic carbocycles. The summed E-state index contributed by atoms with van der Waals surface area (Å²) in [6.07, 6.45) is 4.16. The quantitative estimate of drug-likeness (QED) is 0.691. The number of hydrogen-bond acceptors (Lipinski definition) is 5. The molecule has 0 atom stereocenters. The van der Waals surface area contributed by atoms with E-state index in [1.54, 1.807) is 7.11 Å². The van der Waals surface area contributed by atoms with Crippen molar-refractivity contribution in [3.63, 3.8) is 0 Å². The molecule has 2 heterocycles. The average molecular weight is 368 g/mol. The summed E-state index contributed by atoms with van der Waals surface area (Å²) in [5, 5.41) is 0.646. The summed E-state index contributed by atoms with van der Waals surface area (Å²) in [5.41, 5.74) is 0.864. The van der Waals surface area contributed by atoms with Gasteiger partial charge in [-0.2, -0.15) is 0 Å². The Labute approximate surface area is 154 Å². The number of carbonyl (C=O) groups excluding carboxylic acids is 1. The Morgan fingerprint density at radius 1 is 1.20 bits per heavy atom. The number of hydrogen-bond donors (Lipinski definition) is 0. The van der Waals surface area contributed by atoms with Crippen molar-refractivity contribution in [2.75, 3.05) is 40.0 Å². The smallest absolute Gasteiger partial charge is 0.198 e. The lowest BCUT2D eigenvalue weighted by Gasteiger charge is -2.30. The van der Waals surface area contributed by atoms with E-state index in [0.717, 1.165) is 50.2 Å². The molecular weight excluding hydrogens is 342 g/mol. The molecular formula is C19H26ClNO4. The van der Waals surface area contributed by atoms with Crippen LogP contribution in [0.1, 0.15) is 37.7 Å². The van der Waals surface area contributed by atoms with Crippen LogP contribution in [0.5, 0.6) is 5.75 Å². The maximum absolute atomic E-state index is 11.3. The number of halogens is 1. The van der Waals surface area contributed by atoms with Gasteiger partial charge >= 0.3 is 0 Å². The molecule has 2 saturated heterocycles. The first-order chi connectivity index (χ1) is 12.1. The predicted molar refractivity (Wildman–Crippen MR) is 96.1 cm³/mol. The second kappa shape index (κ2) is 8.49. The fourth-order valence-corrected chi connectivity index (χ4v) is 3.76. The second-order valence-electron chi connectivity index (χ2n) is 6.63. The number of ketones is 1. The average Bonchev–Trinajstić information content (AvgIpc) is 3.10. The van der Waals surface area contributed by atoms with E-state index in [1.165, 1.54) is 0 Å². The molecule has 0 radical (unpaired) electrons. The van der Waals surface area contributed by atoms with Gasteiger partial charge in [0, 0.05) is 37.4 Å². The summed E-state index contributed by atoms with van der Waals surface area (Å²) < 4.78 is 17.5. The first-order valence-electron chi connectivity index (χ1n) is 8.99. The maximum atomic E-state index is 11.3. The van der Waals surface area contributed by atoms with Crippen LogP contribution in [-0.2, 0) is 20.1 Å². The van der Waals surface area contributed by atoms with Crippen LogP contribution in [0.25, 0.3) is 0 Å².